The Morgan fingerprint density at radius 3 is 2.97 bits per heavy atom. The molecule has 0 aliphatic carbocycles. The molecule has 150 valence electrons. The van der Waals surface area contributed by atoms with Gasteiger partial charge in [-0.05, 0) is 47.2 Å². The van der Waals surface area contributed by atoms with Crippen LogP contribution in [0.1, 0.15) is 31.4 Å². The van der Waals surface area contributed by atoms with E-state index in [0.29, 0.717) is 39.1 Å². The minimum atomic E-state index is -0.142. The maximum Gasteiger partial charge on any atom is 0.262 e. The van der Waals surface area contributed by atoms with Crippen molar-refractivity contribution < 1.29 is 4.42 Å². The zero-order valence-corrected chi connectivity index (χ0v) is 17.4. The van der Waals surface area contributed by atoms with E-state index in [9.17, 15) is 4.79 Å². The number of furan rings is 1. The number of thioether (sulfide) groups is 1. The monoisotopic (exact) mass is 430 g/mol. The van der Waals surface area contributed by atoms with Gasteiger partial charge in [-0.25, -0.2) is 9.67 Å². The third-order valence-electron chi connectivity index (χ3n) is 4.44. The molecule has 3 aromatic heterocycles. The third-order valence-corrected chi connectivity index (χ3v) is 5.64. The number of hydrogen-bond donors (Lipinski definition) is 0. The fourth-order valence-electron chi connectivity index (χ4n) is 2.92. The van der Waals surface area contributed by atoms with Gasteiger partial charge in [-0.2, -0.15) is 0 Å². The number of unbranched alkanes of at least 4 members (excludes halogenated alkanes) is 1. The number of tetrazole rings is 1. The number of benzene rings is 1. The lowest BCUT2D eigenvalue weighted by Gasteiger charge is -2.12. The normalized spacial score (nSPS) is 11.4. The van der Waals surface area contributed by atoms with Crippen molar-refractivity contribution in [2.75, 3.05) is 0 Å². The number of nitrogens with zero attached hydrogens (tertiary/aromatic N) is 6. The molecular weight excluding hydrogens is 412 g/mol. The van der Waals surface area contributed by atoms with Gasteiger partial charge in [0.15, 0.2) is 11.0 Å². The molecule has 0 saturated heterocycles. The molecule has 3 heterocycles. The van der Waals surface area contributed by atoms with Crippen LogP contribution in [0.25, 0.3) is 10.9 Å². The van der Waals surface area contributed by atoms with Crippen molar-refractivity contribution in [2.45, 2.75) is 43.8 Å². The van der Waals surface area contributed by atoms with Crippen LogP contribution in [0.5, 0.6) is 0 Å². The fraction of sp³-hybridized carbons (Fsp3) is 0.316. The van der Waals surface area contributed by atoms with Crippen molar-refractivity contribution >= 4 is 34.3 Å². The molecule has 0 unspecified atom stereocenters. The predicted octanol–water partition coefficient (Wildman–Crippen LogP) is 3.77. The van der Waals surface area contributed by atoms with Crippen LogP contribution in [0.15, 0.2) is 51.0 Å². The molecule has 4 aromatic rings. The SMILES string of the molecule is CCCCn1nnnc1CSc1nc2cc(Cl)ccc2c(=O)n1Cc1ccco1. The molecule has 0 aliphatic heterocycles. The van der Waals surface area contributed by atoms with Gasteiger partial charge in [0.05, 0.1) is 29.5 Å². The molecule has 0 radical (unpaired) electrons. The van der Waals surface area contributed by atoms with Crippen LogP contribution in [0, 0.1) is 0 Å². The van der Waals surface area contributed by atoms with E-state index >= 15 is 0 Å². The summed E-state index contributed by atoms with van der Waals surface area (Å²) in [5.41, 5.74) is 0.419. The fourth-order valence-corrected chi connectivity index (χ4v) is 4.02. The quantitative estimate of drug-likeness (QED) is 0.310. The number of rotatable bonds is 8. The molecule has 29 heavy (non-hydrogen) atoms. The number of aryl methyl sites for hydroxylation is 1. The summed E-state index contributed by atoms with van der Waals surface area (Å²) in [4.78, 5) is 17.8. The highest BCUT2D eigenvalue weighted by Gasteiger charge is 2.15. The molecule has 10 heteroatoms. The van der Waals surface area contributed by atoms with Gasteiger partial charge in [-0.3, -0.25) is 9.36 Å². The van der Waals surface area contributed by atoms with Gasteiger partial charge in [0, 0.05) is 11.6 Å². The maximum absolute atomic E-state index is 13.1. The summed E-state index contributed by atoms with van der Waals surface area (Å²) in [5, 5.41) is 13.5. The topological polar surface area (TPSA) is 91.6 Å². The largest absolute Gasteiger partial charge is 0.467 e. The Hall–Kier alpha value is -2.65. The summed E-state index contributed by atoms with van der Waals surface area (Å²) in [6, 6.07) is 8.72. The van der Waals surface area contributed by atoms with Crippen LogP contribution in [-0.2, 0) is 18.8 Å². The van der Waals surface area contributed by atoms with Crippen LogP contribution in [-0.4, -0.2) is 29.8 Å². The average Bonchev–Trinajstić information content (AvgIpc) is 3.38. The summed E-state index contributed by atoms with van der Waals surface area (Å²) >= 11 is 7.52. The Bertz CT molecular complexity index is 1170. The lowest BCUT2D eigenvalue weighted by atomic mass is 10.2. The summed E-state index contributed by atoms with van der Waals surface area (Å²) in [6.07, 6.45) is 3.64. The van der Waals surface area contributed by atoms with Gasteiger partial charge in [0.2, 0.25) is 0 Å². The molecule has 0 aliphatic rings. The highest BCUT2D eigenvalue weighted by Crippen LogP contribution is 2.23. The zero-order valence-electron chi connectivity index (χ0n) is 15.8. The molecule has 0 N–H and O–H groups in total. The summed E-state index contributed by atoms with van der Waals surface area (Å²) in [7, 11) is 0. The lowest BCUT2D eigenvalue weighted by Crippen LogP contribution is -2.24. The van der Waals surface area contributed by atoms with E-state index in [2.05, 4.69) is 22.4 Å². The summed E-state index contributed by atoms with van der Waals surface area (Å²) in [6.45, 7) is 3.18. The first-order chi connectivity index (χ1) is 14.2. The van der Waals surface area contributed by atoms with Gasteiger partial charge >= 0.3 is 0 Å². The standard InChI is InChI=1S/C19H19ClN6O2S/c1-2-3-8-26-17(22-23-24-26)12-29-19-21-16-10-13(20)6-7-15(16)18(27)25(19)11-14-5-4-9-28-14/h4-7,9-10H,2-3,8,11-12H2,1H3. The van der Waals surface area contributed by atoms with Crippen molar-refractivity contribution in [3.63, 3.8) is 0 Å². The van der Waals surface area contributed by atoms with E-state index in [-0.39, 0.29) is 5.56 Å². The molecule has 0 spiro atoms. The first kappa shape index (κ1) is 19.7. The Labute approximate surface area is 175 Å². The highest BCUT2D eigenvalue weighted by atomic mass is 35.5. The summed E-state index contributed by atoms with van der Waals surface area (Å²) in [5.74, 6) is 1.91. The van der Waals surface area contributed by atoms with Gasteiger partial charge in [0.25, 0.3) is 5.56 Å². The van der Waals surface area contributed by atoms with E-state index < -0.39 is 0 Å². The van der Waals surface area contributed by atoms with Gasteiger partial charge in [-0.15, -0.1) is 5.10 Å². The van der Waals surface area contributed by atoms with E-state index in [1.54, 1.807) is 39.8 Å². The number of aromatic nitrogens is 6. The first-order valence-corrected chi connectivity index (χ1v) is 10.6. The van der Waals surface area contributed by atoms with Crippen LogP contribution in [0.2, 0.25) is 5.02 Å². The van der Waals surface area contributed by atoms with Crippen LogP contribution in [0.3, 0.4) is 0 Å². The van der Waals surface area contributed by atoms with E-state index in [4.69, 9.17) is 21.0 Å². The molecule has 8 nitrogen and oxygen atoms in total. The number of hydrogen-bond acceptors (Lipinski definition) is 7. The molecule has 0 amide bonds. The predicted molar refractivity (Wildman–Crippen MR) is 111 cm³/mol. The molecule has 0 saturated carbocycles. The first-order valence-electron chi connectivity index (χ1n) is 9.26. The Morgan fingerprint density at radius 1 is 1.28 bits per heavy atom. The molecule has 0 atom stereocenters. The van der Waals surface area contributed by atoms with Crippen LogP contribution >= 0.6 is 23.4 Å². The van der Waals surface area contributed by atoms with E-state index in [1.165, 1.54) is 11.8 Å². The molecule has 0 fully saturated rings. The third kappa shape index (κ3) is 4.35. The lowest BCUT2D eigenvalue weighted by molar-refractivity contribution is 0.476. The highest BCUT2D eigenvalue weighted by molar-refractivity contribution is 7.98. The van der Waals surface area contributed by atoms with Crippen molar-refractivity contribution in [3.8, 4) is 0 Å². The Balaban J connectivity index is 1.69. The van der Waals surface area contributed by atoms with Crippen molar-refractivity contribution in [1.82, 2.24) is 29.8 Å². The minimum absolute atomic E-state index is 0.142. The van der Waals surface area contributed by atoms with E-state index in [0.717, 1.165) is 25.2 Å². The molecule has 0 bridgehead atoms. The van der Waals surface area contributed by atoms with Gasteiger partial charge < -0.3 is 4.42 Å². The minimum Gasteiger partial charge on any atom is -0.467 e. The smallest absolute Gasteiger partial charge is 0.262 e. The molecule has 4 rings (SSSR count). The molecule has 1 aromatic carbocycles. The van der Waals surface area contributed by atoms with Crippen molar-refractivity contribution in [2.24, 2.45) is 0 Å². The van der Waals surface area contributed by atoms with Gasteiger partial charge in [-0.1, -0.05) is 36.7 Å². The van der Waals surface area contributed by atoms with Gasteiger partial charge in [0.1, 0.15) is 5.76 Å². The Kier molecular flexibility index (Phi) is 5.96. The molecular formula is C19H19ClN6O2S. The van der Waals surface area contributed by atoms with Crippen LogP contribution < -0.4 is 5.56 Å². The van der Waals surface area contributed by atoms with E-state index in [1.807, 2.05) is 6.07 Å². The number of fused-ring (bicyclic) bond motifs is 1. The average molecular weight is 431 g/mol. The van der Waals surface area contributed by atoms with Crippen molar-refractivity contribution in [1.29, 1.82) is 0 Å². The summed E-state index contributed by atoms with van der Waals surface area (Å²) < 4.78 is 8.84. The van der Waals surface area contributed by atoms with Crippen LogP contribution in [0.4, 0.5) is 0 Å². The second kappa shape index (κ2) is 8.79. The second-order valence-corrected chi connectivity index (χ2v) is 7.87. The zero-order chi connectivity index (χ0) is 20.2. The van der Waals surface area contributed by atoms with Crippen molar-refractivity contribution in [3.05, 3.63) is 63.6 Å². The maximum atomic E-state index is 13.1. The number of halogens is 1. The Morgan fingerprint density at radius 2 is 2.17 bits per heavy atom. The second-order valence-electron chi connectivity index (χ2n) is 6.49.